The van der Waals surface area contributed by atoms with E-state index >= 15 is 0 Å². The number of aliphatic hydroxyl groups excluding tert-OH is 1. The van der Waals surface area contributed by atoms with Crippen LogP contribution in [0.25, 0.3) is 0 Å². The molecule has 1 aromatic carbocycles. The molecule has 0 radical (unpaired) electrons. The summed E-state index contributed by atoms with van der Waals surface area (Å²) in [6.45, 7) is 0. The van der Waals surface area contributed by atoms with E-state index in [2.05, 4.69) is 6.07 Å². The number of benzene rings is 1. The second kappa shape index (κ2) is 5.62. The van der Waals surface area contributed by atoms with E-state index in [1.807, 2.05) is 47.8 Å². The lowest BCUT2D eigenvalue weighted by molar-refractivity contribution is 0.184. The third-order valence-electron chi connectivity index (χ3n) is 2.46. The van der Waals surface area contributed by atoms with Crippen LogP contribution < -0.4 is 0 Å². The summed E-state index contributed by atoms with van der Waals surface area (Å²) in [7, 11) is 0. The Bertz CT molecular complexity index is 377. The SMILES string of the molecule is N#Cc1ccc(S[C@H]2CC[C@H](O)CS2)cc1. The highest BCUT2D eigenvalue weighted by atomic mass is 32.2. The van der Waals surface area contributed by atoms with Crippen molar-refractivity contribution in [3.8, 4) is 6.07 Å². The summed E-state index contributed by atoms with van der Waals surface area (Å²) in [6, 6.07) is 9.81. The van der Waals surface area contributed by atoms with E-state index in [1.165, 1.54) is 4.90 Å². The zero-order valence-electron chi connectivity index (χ0n) is 8.80. The molecule has 1 saturated heterocycles. The second-order valence-corrected chi connectivity index (χ2v) is 6.56. The standard InChI is InChI=1S/C12H13NOS2/c13-7-9-1-4-11(5-2-9)16-12-6-3-10(14)8-15-12/h1-2,4-5,10,12,14H,3,6,8H2/t10-,12-/m0/s1. The molecule has 2 nitrogen and oxygen atoms in total. The molecule has 1 aromatic rings. The molecule has 0 saturated carbocycles. The van der Waals surface area contributed by atoms with Crippen LogP contribution in [0.1, 0.15) is 18.4 Å². The highest BCUT2D eigenvalue weighted by molar-refractivity contribution is 8.17. The first kappa shape index (κ1) is 11.8. The second-order valence-electron chi connectivity index (χ2n) is 3.75. The van der Waals surface area contributed by atoms with Crippen LogP contribution in [0.3, 0.4) is 0 Å². The molecule has 0 amide bonds. The largest absolute Gasteiger partial charge is 0.392 e. The van der Waals surface area contributed by atoms with Crippen LogP contribution in [0.5, 0.6) is 0 Å². The summed E-state index contributed by atoms with van der Waals surface area (Å²) in [6.07, 6.45) is 1.83. The van der Waals surface area contributed by atoms with Gasteiger partial charge in [0.1, 0.15) is 0 Å². The molecule has 84 valence electrons. The molecule has 2 atom stereocenters. The molecule has 1 aliphatic rings. The number of aliphatic hydroxyl groups is 1. The quantitative estimate of drug-likeness (QED) is 0.878. The summed E-state index contributed by atoms with van der Waals surface area (Å²) < 4.78 is 0.538. The van der Waals surface area contributed by atoms with Gasteiger partial charge in [0.15, 0.2) is 0 Å². The first-order chi connectivity index (χ1) is 7.78. The van der Waals surface area contributed by atoms with Crippen molar-refractivity contribution in [2.75, 3.05) is 5.75 Å². The van der Waals surface area contributed by atoms with Crippen molar-refractivity contribution in [2.45, 2.75) is 28.4 Å². The highest BCUT2D eigenvalue weighted by Crippen LogP contribution is 2.37. The van der Waals surface area contributed by atoms with Gasteiger partial charge in [-0.2, -0.15) is 5.26 Å². The molecule has 1 N–H and O–H groups in total. The van der Waals surface area contributed by atoms with Gasteiger partial charge in [0, 0.05) is 10.6 Å². The van der Waals surface area contributed by atoms with E-state index in [1.54, 1.807) is 0 Å². The van der Waals surface area contributed by atoms with Crippen molar-refractivity contribution < 1.29 is 5.11 Å². The Morgan fingerprint density at radius 1 is 1.31 bits per heavy atom. The molecule has 1 fully saturated rings. The van der Waals surface area contributed by atoms with E-state index in [0.29, 0.717) is 10.1 Å². The van der Waals surface area contributed by atoms with E-state index in [-0.39, 0.29) is 6.10 Å². The summed E-state index contributed by atoms with van der Waals surface area (Å²) in [4.78, 5) is 1.20. The molecule has 16 heavy (non-hydrogen) atoms. The lowest BCUT2D eigenvalue weighted by Gasteiger charge is -2.24. The lowest BCUT2D eigenvalue weighted by atomic mass is 10.2. The first-order valence-electron chi connectivity index (χ1n) is 5.24. The maximum atomic E-state index is 9.40. The molecule has 0 spiro atoms. The normalized spacial score (nSPS) is 25.0. The minimum atomic E-state index is -0.122. The van der Waals surface area contributed by atoms with Gasteiger partial charge in [-0.25, -0.2) is 0 Å². The van der Waals surface area contributed by atoms with Crippen molar-refractivity contribution in [1.29, 1.82) is 5.26 Å². The molecule has 0 bridgehead atoms. The number of rotatable bonds is 2. The zero-order chi connectivity index (χ0) is 11.4. The van der Waals surface area contributed by atoms with Gasteiger partial charge in [0.2, 0.25) is 0 Å². The van der Waals surface area contributed by atoms with Crippen LogP contribution >= 0.6 is 23.5 Å². The van der Waals surface area contributed by atoms with Crippen molar-refractivity contribution >= 4 is 23.5 Å². The Hall–Kier alpha value is -0.630. The molecule has 2 rings (SSSR count). The summed E-state index contributed by atoms with van der Waals surface area (Å²) in [5.41, 5.74) is 0.705. The minimum absolute atomic E-state index is 0.122. The van der Waals surface area contributed by atoms with Gasteiger partial charge < -0.3 is 5.11 Å². The molecular weight excluding hydrogens is 238 g/mol. The van der Waals surface area contributed by atoms with Crippen LogP contribution in [0, 0.1) is 11.3 Å². The first-order valence-corrected chi connectivity index (χ1v) is 7.17. The van der Waals surface area contributed by atoms with Crippen molar-refractivity contribution in [3.63, 3.8) is 0 Å². The van der Waals surface area contributed by atoms with Crippen LogP contribution in [-0.4, -0.2) is 21.5 Å². The molecule has 1 heterocycles. The Labute approximate surface area is 104 Å². The summed E-state index contributed by atoms with van der Waals surface area (Å²) in [5.74, 6) is 0.841. The van der Waals surface area contributed by atoms with E-state index in [9.17, 15) is 5.11 Å². The maximum absolute atomic E-state index is 9.40. The smallest absolute Gasteiger partial charge is 0.0991 e. The lowest BCUT2D eigenvalue weighted by Crippen LogP contribution is -2.19. The predicted octanol–water partition coefficient (Wildman–Crippen LogP) is 2.86. The van der Waals surface area contributed by atoms with Crippen LogP contribution in [0.15, 0.2) is 29.2 Å². The van der Waals surface area contributed by atoms with Gasteiger partial charge in [-0.15, -0.1) is 23.5 Å². The minimum Gasteiger partial charge on any atom is -0.392 e. The average Bonchev–Trinajstić information content (AvgIpc) is 2.33. The molecule has 4 heteroatoms. The number of nitrogens with zero attached hydrogens (tertiary/aromatic N) is 1. The van der Waals surface area contributed by atoms with E-state index in [0.717, 1.165) is 18.6 Å². The van der Waals surface area contributed by atoms with E-state index in [4.69, 9.17) is 5.26 Å². The monoisotopic (exact) mass is 251 g/mol. The maximum Gasteiger partial charge on any atom is 0.0991 e. The van der Waals surface area contributed by atoms with Gasteiger partial charge >= 0.3 is 0 Å². The van der Waals surface area contributed by atoms with Crippen LogP contribution in [0.2, 0.25) is 0 Å². The Morgan fingerprint density at radius 3 is 2.62 bits per heavy atom. The summed E-state index contributed by atoms with van der Waals surface area (Å²) >= 11 is 3.65. The van der Waals surface area contributed by atoms with Crippen molar-refractivity contribution in [1.82, 2.24) is 0 Å². The number of hydrogen-bond donors (Lipinski definition) is 1. The summed E-state index contributed by atoms with van der Waals surface area (Å²) in [5, 5.41) is 18.1. The molecule has 0 aliphatic carbocycles. The molecule has 0 aromatic heterocycles. The number of thioether (sulfide) groups is 2. The Balaban J connectivity index is 1.91. The third kappa shape index (κ3) is 3.18. The fourth-order valence-electron chi connectivity index (χ4n) is 1.57. The van der Waals surface area contributed by atoms with Crippen molar-refractivity contribution in [3.05, 3.63) is 29.8 Å². The fraction of sp³-hybridized carbons (Fsp3) is 0.417. The molecule has 0 unspecified atom stereocenters. The van der Waals surface area contributed by atoms with Gasteiger partial charge in [-0.05, 0) is 37.1 Å². The van der Waals surface area contributed by atoms with Gasteiger partial charge in [-0.3, -0.25) is 0 Å². The number of nitriles is 1. The van der Waals surface area contributed by atoms with Gasteiger partial charge in [-0.1, -0.05) is 0 Å². The van der Waals surface area contributed by atoms with Gasteiger partial charge in [0.05, 0.1) is 22.3 Å². The third-order valence-corrected chi connectivity index (χ3v) is 5.39. The highest BCUT2D eigenvalue weighted by Gasteiger charge is 2.20. The topological polar surface area (TPSA) is 44.0 Å². The Morgan fingerprint density at radius 2 is 2.06 bits per heavy atom. The number of hydrogen-bond acceptors (Lipinski definition) is 4. The molecular formula is C12H13NOS2. The van der Waals surface area contributed by atoms with Gasteiger partial charge in [0.25, 0.3) is 0 Å². The van der Waals surface area contributed by atoms with E-state index < -0.39 is 0 Å². The van der Waals surface area contributed by atoms with Crippen LogP contribution in [-0.2, 0) is 0 Å². The Kier molecular flexibility index (Phi) is 4.16. The molecule has 1 aliphatic heterocycles. The van der Waals surface area contributed by atoms with Crippen LogP contribution in [0.4, 0.5) is 0 Å². The average molecular weight is 251 g/mol. The van der Waals surface area contributed by atoms with Crippen molar-refractivity contribution in [2.24, 2.45) is 0 Å². The zero-order valence-corrected chi connectivity index (χ0v) is 10.4. The predicted molar refractivity (Wildman–Crippen MR) is 68.5 cm³/mol. The fourth-order valence-corrected chi connectivity index (χ4v) is 4.16.